The number of sulfonamides is 1. The average Bonchev–Trinajstić information content (AvgIpc) is 2.64. The molecule has 0 aliphatic carbocycles. The quantitative estimate of drug-likeness (QED) is 0.802. The van der Waals surface area contributed by atoms with Crippen molar-refractivity contribution in [3.05, 3.63) is 29.8 Å². The maximum Gasteiger partial charge on any atom is 0.324 e. The van der Waals surface area contributed by atoms with Gasteiger partial charge in [-0.05, 0) is 24.6 Å². The molecule has 1 saturated heterocycles. The third-order valence-corrected chi connectivity index (χ3v) is 4.00. The second-order valence-electron chi connectivity index (χ2n) is 3.95. The molecule has 0 radical (unpaired) electrons. The van der Waals surface area contributed by atoms with Crippen LogP contribution in [-0.2, 0) is 19.6 Å². The Kier molecular flexibility index (Phi) is 3.17. The van der Waals surface area contributed by atoms with Crippen molar-refractivity contribution in [1.82, 2.24) is 4.72 Å². The Hall–Kier alpha value is -1.40. The van der Waals surface area contributed by atoms with Crippen molar-refractivity contribution in [1.29, 1.82) is 0 Å². The molecule has 1 aromatic rings. The predicted molar refractivity (Wildman–Crippen MR) is 60.9 cm³/mol. The first kappa shape index (κ1) is 12.1. The summed E-state index contributed by atoms with van der Waals surface area (Å²) in [6.45, 7) is 2.07. The number of ether oxygens (including phenoxy) is 1. The van der Waals surface area contributed by atoms with E-state index in [1.165, 1.54) is 6.07 Å². The lowest BCUT2D eigenvalue weighted by Crippen LogP contribution is -2.37. The van der Waals surface area contributed by atoms with E-state index in [1.54, 1.807) is 12.1 Å². The molecule has 1 unspecified atom stereocenters. The third-order valence-electron chi connectivity index (χ3n) is 2.53. The molecule has 1 fully saturated rings. The minimum absolute atomic E-state index is 0.164. The van der Waals surface area contributed by atoms with Gasteiger partial charge in [0, 0.05) is 6.42 Å². The summed E-state index contributed by atoms with van der Waals surface area (Å²) < 4.78 is 31.0. The Labute approximate surface area is 99.8 Å². The topological polar surface area (TPSA) is 72.5 Å². The molecule has 1 aromatic carbocycles. The summed E-state index contributed by atoms with van der Waals surface area (Å²) in [6.07, 6.45) is 0.379. The van der Waals surface area contributed by atoms with Gasteiger partial charge >= 0.3 is 5.97 Å². The highest BCUT2D eigenvalue weighted by atomic mass is 32.2. The summed E-state index contributed by atoms with van der Waals surface area (Å²) in [5.41, 5.74) is 0.849. The van der Waals surface area contributed by atoms with Gasteiger partial charge in [0.1, 0.15) is 6.04 Å². The van der Waals surface area contributed by atoms with E-state index in [-0.39, 0.29) is 11.5 Å². The number of cyclic esters (lactones) is 1. The zero-order valence-electron chi connectivity index (χ0n) is 9.34. The van der Waals surface area contributed by atoms with Crippen LogP contribution >= 0.6 is 0 Å². The van der Waals surface area contributed by atoms with Crippen LogP contribution in [0.25, 0.3) is 0 Å². The van der Waals surface area contributed by atoms with E-state index in [0.717, 1.165) is 5.56 Å². The van der Waals surface area contributed by atoms with Crippen molar-refractivity contribution in [2.75, 3.05) is 6.61 Å². The van der Waals surface area contributed by atoms with Crippen molar-refractivity contribution in [2.45, 2.75) is 24.3 Å². The predicted octanol–water partition coefficient (Wildman–Crippen LogP) is 0.589. The minimum Gasteiger partial charge on any atom is -0.464 e. The average molecular weight is 255 g/mol. The fourth-order valence-corrected chi connectivity index (χ4v) is 2.96. The molecule has 0 spiro atoms. The molecule has 6 heteroatoms. The molecule has 1 atom stereocenters. The monoisotopic (exact) mass is 255 g/mol. The third kappa shape index (κ3) is 2.65. The molecule has 0 amide bonds. The zero-order valence-corrected chi connectivity index (χ0v) is 10.2. The van der Waals surface area contributed by atoms with Crippen LogP contribution in [0.3, 0.4) is 0 Å². The molecule has 0 aromatic heterocycles. The number of esters is 1. The summed E-state index contributed by atoms with van der Waals surface area (Å²) >= 11 is 0. The lowest BCUT2D eigenvalue weighted by molar-refractivity contribution is -0.139. The van der Waals surface area contributed by atoms with Gasteiger partial charge < -0.3 is 4.74 Å². The molecule has 92 valence electrons. The number of carbonyl (C=O) groups excluding carboxylic acids is 1. The van der Waals surface area contributed by atoms with Gasteiger partial charge in [0.2, 0.25) is 10.0 Å². The second kappa shape index (κ2) is 4.46. The van der Waals surface area contributed by atoms with Crippen molar-refractivity contribution >= 4 is 16.0 Å². The van der Waals surface area contributed by atoms with Crippen LogP contribution in [0.2, 0.25) is 0 Å². The number of aryl methyl sites for hydroxylation is 1. The van der Waals surface area contributed by atoms with Crippen LogP contribution in [0.15, 0.2) is 29.2 Å². The van der Waals surface area contributed by atoms with Crippen LogP contribution in [0.1, 0.15) is 12.0 Å². The van der Waals surface area contributed by atoms with Gasteiger partial charge in [0.05, 0.1) is 11.5 Å². The maximum absolute atomic E-state index is 12.0. The van der Waals surface area contributed by atoms with Gasteiger partial charge in [0.25, 0.3) is 0 Å². The zero-order chi connectivity index (χ0) is 12.5. The summed E-state index contributed by atoms with van der Waals surface area (Å²) in [4.78, 5) is 11.4. The van der Waals surface area contributed by atoms with Crippen molar-refractivity contribution in [3.8, 4) is 0 Å². The SMILES string of the molecule is Cc1cccc(S(=O)(=O)NC2CCOC2=O)c1. The number of nitrogens with one attached hydrogen (secondary N) is 1. The van der Waals surface area contributed by atoms with Gasteiger partial charge in [-0.3, -0.25) is 4.79 Å². The second-order valence-corrected chi connectivity index (χ2v) is 5.66. The lowest BCUT2D eigenvalue weighted by Gasteiger charge is -2.10. The Bertz CT molecular complexity index is 538. The van der Waals surface area contributed by atoms with Crippen molar-refractivity contribution < 1.29 is 17.9 Å². The van der Waals surface area contributed by atoms with Gasteiger partial charge in [-0.25, -0.2) is 8.42 Å². The fraction of sp³-hybridized carbons (Fsp3) is 0.364. The Morgan fingerprint density at radius 1 is 1.41 bits per heavy atom. The van der Waals surface area contributed by atoms with Crippen molar-refractivity contribution in [2.24, 2.45) is 0 Å². The Morgan fingerprint density at radius 3 is 2.76 bits per heavy atom. The standard InChI is InChI=1S/C11H13NO4S/c1-8-3-2-4-9(7-8)17(14,15)12-10-5-6-16-11(10)13/h2-4,7,10,12H,5-6H2,1H3. The van der Waals surface area contributed by atoms with E-state index in [4.69, 9.17) is 4.74 Å². The molecule has 2 rings (SSSR count). The summed E-state index contributed by atoms with van der Waals surface area (Å²) in [5.74, 6) is -0.513. The first-order valence-corrected chi connectivity index (χ1v) is 6.73. The molecular weight excluding hydrogens is 242 g/mol. The molecule has 1 aliphatic heterocycles. The van der Waals surface area contributed by atoms with Crippen molar-refractivity contribution in [3.63, 3.8) is 0 Å². The van der Waals surface area contributed by atoms with Crippen LogP contribution in [0, 0.1) is 6.92 Å². The van der Waals surface area contributed by atoms with E-state index in [0.29, 0.717) is 6.42 Å². The molecule has 17 heavy (non-hydrogen) atoms. The maximum atomic E-state index is 12.0. The van der Waals surface area contributed by atoms with E-state index in [9.17, 15) is 13.2 Å². The van der Waals surface area contributed by atoms with E-state index in [2.05, 4.69) is 4.72 Å². The summed E-state index contributed by atoms with van der Waals surface area (Å²) in [5, 5.41) is 0. The summed E-state index contributed by atoms with van der Waals surface area (Å²) in [7, 11) is -3.65. The van der Waals surface area contributed by atoms with Gasteiger partial charge in [-0.1, -0.05) is 12.1 Å². The Morgan fingerprint density at radius 2 is 2.18 bits per heavy atom. The first-order chi connectivity index (χ1) is 7.99. The molecule has 1 N–H and O–H groups in total. The molecule has 0 bridgehead atoms. The van der Waals surface area contributed by atoms with E-state index >= 15 is 0 Å². The fourth-order valence-electron chi connectivity index (χ4n) is 1.64. The number of hydrogen-bond acceptors (Lipinski definition) is 4. The highest BCUT2D eigenvalue weighted by Crippen LogP contribution is 2.14. The molecule has 1 aliphatic rings. The van der Waals surface area contributed by atoms with Crippen LogP contribution in [0.4, 0.5) is 0 Å². The van der Waals surface area contributed by atoms with E-state index in [1.807, 2.05) is 13.0 Å². The van der Waals surface area contributed by atoms with Crippen LogP contribution in [0.5, 0.6) is 0 Å². The van der Waals surface area contributed by atoms with Gasteiger partial charge in [-0.2, -0.15) is 4.72 Å². The lowest BCUT2D eigenvalue weighted by atomic mass is 10.2. The number of carbonyl (C=O) groups is 1. The number of rotatable bonds is 3. The number of hydrogen-bond donors (Lipinski definition) is 1. The van der Waals surface area contributed by atoms with Crippen LogP contribution < -0.4 is 4.72 Å². The molecular formula is C11H13NO4S. The molecule has 1 heterocycles. The molecule has 5 nitrogen and oxygen atoms in total. The van der Waals surface area contributed by atoms with Gasteiger partial charge in [0.15, 0.2) is 0 Å². The van der Waals surface area contributed by atoms with E-state index < -0.39 is 22.0 Å². The van der Waals surface area contributed by atoms with Crippen LogP contribution in [-0.4, -0.2) is 27.0 Å². The normalized spacial score (nSPS) is 20.3. The van der Waals surface area contributed by atoms with Gasteiger partial charge in [-0.15, -0.1) is 0 Å². The minimum atomic E-state index is -3.65. The first-order valence-electron chi connectivity index (χ1n) is 5.25. The highest BCUT2D eigenvalue weighted by molar-refractivity contribution is 7.89. The smallest absolute Gasteiger partial charge is 0.324 e. The highest BCUT2D eigenvalue weighted by Gasteiger charge is 2.31. The largest absolute Gasteiger partial charge is 0.464 e. The number of benzene rings is 1. The Balaban J connectivity index is 2.22. The summed E-state index contributed by atoms with van der Waals surface area (Å²) in [6, 6.07) is 5.76. The molecule has 0 saturated carbocycles.